The van der Waals surface area contributed by atoms with Gasteiger partial charge in [0.15, 0.2) is 0 Å². The fourth-order valence-electron chi connectivity index (χ4n) is 14.2. The van der Waals surface area contributed by atoms with Crippen LogP contribution in [0.5, 0.6) is 0 Å². The van der Waals surface area contributed by atoms with Crippen molar-refractivity contribution in [2.75, 3.05) is 0 Å². The van der Waals surface area contributed by atoms with E-state index < -0.39 is 0 Å². The minimum atomic E-state index is 0.826. The molecule has 0 aliphatic carbocycles. The molecule has 0 aliphatic rings. The summed E-state index contributed by atoms with van der Waals surface area (Å²) < 4.78 is 4.82. The van der Waals surface area contributed by atoms with Crippen molar-refractivity contribution in [1.82, 2.24) is 19.1 Å². The Hall–Kier alpha value is -12.8. The third-order valence-electron chi connectivity index (χ3n) is 19.2. The molecule has 0 N–H and O–H groups in total. The molecule has 15 aromatic carbocycles. The molecule has 3 aromatic heterocycles. The van der Waals surface area contributed by atoms with Crippen LogP contribution < -0.4 is 0 Å². The van der Waals surface area contributed by atoms with Gasteiger partial charge in [-0.05, 0) is 174 Å². The van der Waals surface area contributed by atoms with Crippen LogP contribution in [0.2, 0.25) is 0 Å². The summed E-state index contributed by atoms with van der Waals surface area (Å²) in [6.07, 6.45) is 0. The Morgan fingerprint density at radius 3 is 0.583 bits per heavy atom. The quantitative estimate of drug-likeness (QED) is 0.122. The van der Waals surface area contributed by atoms with Crippen LogP contribution in [0.3, 0.4) is 0 Å². The minimum Gasteiger partial charge on any atom is -0.309 e. The number of fused-ring (bicyclic) bond motifs is 7. The van der Waals surface area contributed by atoms with Crippen LogP contribution in [0.15, 0.2) is 364 Å². The zero-order chi connectivity index (χ0) is 63.5. The van der Waals surface area contributed by atoms with Gasteiger partial charge in [0.1, 0.15) is 0 Å². The van der Waals surface area contributed by atoms with E-state index in [0.29, 0.717) is 0 Å². The molecule has 0 fully saturated rings. The standard InChI is InChI=1S/C92H60N4/c1-5-15-61(16-6-1)65-25-33-69(34-26-65)75-45-53-87-81(57-75)82-58-76(70-35-27-66(28-36-70)62-17-7-2-8-18-62)46-54-88(82)95(87)79-49-41-73(42-50-79)91-92(94-86-24-14-13-23-85(86)93-91)74-43-51-80(52-44-74)96-89-55-47-77(71-37-29-67(30-38-71)63-19-9-3-10-20-63)59-83(89)84-60-78(48-56-90(84)96)72-39-31-68(32-40-72)64-21-11-4-12-22-64/h1-60H. The fraction of sp³-hybridized carbons (Fsp3) is 0. The molecule has 0 radical (unpaired) electrons. The van der Waals surface area contributed by atoms with E-state index in [1.807, 2.05) is 12.1 Å². The highest BCUT2D eigenvalue weighted by Gasteiger charge is 2.20. The first-order chi connectivity index (χ1) is 47.5. The molecule has 0 atom stereocenters. The summed E-state index contributed by atoms with van der Waals surface area (Å²) in [5.41, 5.74) is 31.0. The van der Waals surface area contributed by atoms with Crippen molar-refractivity contribution < 1.29 is 0 Å². The summed E-state index contributed by atoms with van der Waals surface area (Å²) in [7, 11) is 0. The Kier molecular flexibility index (Phi) is 13.8. The number of hydrogen-bond acceptors (Lipinski definition) is 2. The molecule has 448 valence electrons. The van der Waals surface area contributed by atoms with Crippen LogP contribution in [-0.4, -0.2) is 19.1 Å². The van der Waals surface area contributed by atoms with Crippen molar-refractivity contribution in [3.63, 3.8) is 0 Å². The second-order valence-corrected chi connectivity index (χ2v) is 24.9. The molecular weight excluding hydrogens is 1160 g/mol. The van der Waals surface area contributed by atoms with Crippen molar-refractivity contribution in [3.8, 4) is 123 Å². The van der Waals surface area contributed by atoms with E-state index in [9.17, 15) is 0 Å². The largest absolute Gasteiger partial charge is 0.309 e. The first-order valence-electron chi connectivity index (χ1n) is 32.8. The normalized spacial score (nSPS) is 11.5. The lowest BCUT2D eigenvalue weighted by molar-refractivity contribution is 1.18. The number of rotatable bonds is 12. The maximum atomic E-state index is 5.42. The number of aromatic nitrogens is 4. The van der Waals surface area contributed by atoms with Gasteiger partial charge >= 0.3 is 0 Å². The van der Waals surface area contributed by atoms with Gasteiger partial charge in [0.25, 0.3) is 0 Å². The monoisotopic (exact) mass is 1220 g/mol. The average molecular weight is 1220 g/mol. The van der Waals surface area contributed by atoms with Crippen molar-refractivity contribution in [2.24, 2.45) is 0 Å². The molecule has 4 heteroatoms. The molecule has 0 unspecified atom stereocenters. The van der Waals surface area contributed by atoms with Gasteiger partial charge in [-0.1, -0.05) is 279 Å². The molecule has 0 saturated carbocycles. The number of nitrogens with zero attached hydrogens (tertiary/aromatic N) is 4. The zero-order valence-corrected chi connectivity index (χ0v) is 52.4. The summed E-state index contributed by atoms with van der Waals surface area (Å²) >= 11 is 0. The Morgan fingerprint density at radius 2 is 0.344 bits per heavy atom. The molecular formula is C92H60N4. The summed E-state index contributed by atoms with van der Waals surface area (Å²) in [6.45, 7) is 0. The van der Waals surface area contributed by atoms with E-state index >= 15 is 0 Å². The fourth-order valence-corrected chi connectivity index (χ4v) is 14.2. The Balaban J connectivity index is 0.715. The maximum absolute atomic E-state index is 5.42. The average Bonchev–Trinajstić information content (AvgIpc) is 1.23. The minimum absolute atomic E-state index is 0.826. The number of para-hydroxylation sites is 2. The van der Waals surface area contributed by atoms with E-state index in [0.717, 1.165) is 67.0 Å². The molecule has 18 aromatic rings. The van der Waals surface area contributed by atoms with Crippen LogP contribution in [0.25, 0.3) is 178 Å². The molecule has 0 amide bonds. The van der Waals surface area contributed by atoms with Gasteiger partial charge in [0, 0.05) is 44.0 Å². The lowest BCUT2D eigenvalue weighted by Crippen LogP contribution is -1.98. The van der Waals surface area contributed by atoms with Gasteiger partial charge in [-0.3, -0.25) is 0 Å². The highest BCUT2D eigenvalue weighted by molar-refractivity contribution is 6.13. The molecule has 0 aliphatic heterocycles. The Bertz CT molecular complexity index is 5250. The van der Waals surface area contributed by atoms with Crippen LogP contribution in [0, 0.1) is 0 Å². The maximum Gasteiger partial charge on any atom is 0.0973 e. The summed E-state index contributed by atoms with van der Waals surface area (Å²) in [5.74, 6) is 0. The predicted molar refractivity (Wildman–Crippen MR) is 403 cm³/mol. The van der Waals surface area contributed by atoms with E-state index in [2.05, 4.69) is 361 Å². The summed E-state index contributed by atoms with van der Waals surface area (Å²) in [4.78, 5) is 10.8. The third kappa shape index (κ3) is 10.2. The Labute approximate surface area is 557 Å². The molecule has 96 heavy (non-hydrogen) atoms. The smallest absolute Gasteiger partial charge is 0.0973 e. The third-order valence-corrected chi connectivity index (χ3v) is 19.2. The van der Waals surface area contributed by atoms with Gasteiger partial charge < -0.3 is 9.13 Å². The van der Waals surface area contributed by atoms with Crippen molar-refractivity contribution in [3.05, 3.63) is 364 Å². The van der Waals surface area contributed by atoms with Crippen molar-refractivity contribution in [1.29, 1.82) is 0 Å². The van der Waals surface area contributed by atoms with Crippen molar-refractivity contribution >= 4 is 54.6 Å². The highest BCUT2D eigenvalue weighted by Crippen LogP contribution is 2.42. The van der Waals surface area contributed by atoms with Gasteiger partial charge in [0.2, 0.25) is 0 Å². The van der Waals surface area contributed by atoms with E-state index in [-0.39, 0.29) is 0 Å². The number of hydrogen-bond donors (Lipinski definition) is 0. The summed E-state index contributed by atoms with van der Waals surface area (Å²) in [5, 5.41) is 4.77. The molecule has 3 heterocycles. The topological polar surface area (TPSA) is 35.6 Å². The van der Waals surface area contributed by atoms with Crippen LogP contribution in [0.1, 0.15) is 0 Å². The van der Waals surface area contributed by atoms with Crippen LogP contribution >= 0.6 is 0 Å². The zero-order valence-electron chi connectivity index (χ0n) is 52.4. The molecule has 0 spiro atoms. The van der Waals surface area contributed by atoms with E-state index in [4.69, 9.17) is 9.97 Å². The second-order valence-electron chi connectivity index (χ2n) is 24.9. The predicted octanol–water partition coefficient (Wildman–Crippen LogP) is 24.5. The van der Waals surface area contributed by atoms with Gasteiger partial charge in [-0.15, -0.1) is 0 Å². The summed E-state index contributed by atoms with van der Waals surface area (Å²) in [6, 6.07) is 132. The molecule has 0 bridgehead atoms. The first-order valence-corrected chi connectivity index (χ1v) is 32.8. The van der Waals surface area contributed by atoms with Crippen LogP contribution in [0.4, 0.5) is 0 Å². The first kappa shape index (κ1) is 56.0. The van der Waals surface area contributed by atoms with Crippen molar-refractivity contribution in [2.45, 2.75) is 0 Å². The second kappa shape index (κ2) is 23.7. The molecule has 0 saturated heterocycles. The SMILES string of the molecule is c1ccc(-c2ccc(-c3ccc4c(c3)c3cc(-c5ccc(-c6ccccc6)cc5)ccc3n4-c3ccc(-c4nc5ccccc5nc4-c4ccc(-n5c6ccc(-c7ccc(-c8ccccc8)cc7)cc6c6cc(-c7ccc(-c8ccccc8)cc7)ccc65)cc4)cc3)cc2)cc1. The lowest BCUT2D eigenvalue weighted by Gasteiger charge is -2.14. The van der Waals surface area contributed by atoms with E-state index in [1.54, 1.807) is 0 Å². The highest BCUT2D eigenvalue weighted by atomic mass is 15.0. The molecule has 18 rings (SSSR count). The molecule has 4 nitrogen and oxygen atoms in total. The number of benzene rings is 15. The van der Waals surface area contributed by atoms with Gasteiger partial charge in [-0.2, -0.15) is 0 Å². The van der Waals surface area contributed by atoms with E-state index in [1.165, 1.54) is 111 Å². The van der Waals surface area contributed by atoms with Crippen LogP contribution in [-0.2, 0) is 0 Å². The Morgan fingerprint density at radius 1 is 0.156 bits per heavy atom. The lowest BCUT2D eigenvalue weighted by atomic mass is 9.97. The van der Waals surface area contributed by atoms with Gasteiger partial charge in [0.05, 0.1) is 44.5 Å². The van der Waals surface area contributed by atoms with Gasteiger partial charge in [-0.25, -0.2) is 9.97 Å².